The molecule has 2 heterocycles. The second-order valence-corrected chi connectivity index (χ2v) is 8.88. The minimum Gasteiger partial charge on any atom is -0.494 e. The van der Waals surface area contributed by atoms with E-state index in [-0.39, 0.29) is 5.91 Å². The van der Waals surface area contributed by atoms with E-state index in [0.29, 0.717) is 29.6 Å². The molecule has 0 aliphatic carbocycles. The van der Waals surface area contributed by atoms with Crippen LogP contribution in [0.4, 0.5) is 5.13 Å². The van der Waals surface area contributed by atoms with Crippen LogP contribution < -0.4 is 9.64 Å². The van der Waals surface area contributed by atoms with Crippen molar-refractivity contribution < 1.29 is 9.53 Å². The normalized spacial score (nSPS) is 11.0. The molecule has 0 fully saturated rings. The highest BCUT2D eigenvalue weighted by atomic mass is 32.1. The number of anilines is 1. The maximum Gasteiger partial charge on any atom is 0.260 e. The van der Waals surface area contributed by atoms with Gasteiger partial charge in [-0.2, -0.15) is 0 Å². The fourth-order valence-electron chi connectivity index (χ4n) is 3.56. The molecule has 4 rings (SSSR count). The monoisotopic (exact) mass is 445 g/mol. The number of hydrogen-bond acceptors (Lipinski definition) is 5. The summed E-state index contributed by atoms with van der Waals surface area (Å²) in [5.41, 5.74) is 4.61. The van der Waals surface area contributed by atoms with E-state index < -0.39 is 0 Å². The van der Waals surface area contributed by atoms with Crippen molar-refractivity contribution >= 4 is 32.6 Å². The van der Waals surface area contributed by atoms with Crippen LogP contribution in [-0.4, -0.2) is 22.5 Å². The second kappa shape index (κ2) is 9.92. The van der Waals surface area contributed by atoms with Crippen molar-refractivity contribution in [1.82, 2.24) is 9.97 Å². The van der Waals surface area contributed by atoms with Crippen molar-refractivity contribution in [2.24, 2.45) is 0 Å². The van der Waals surface area contributed by atoms with Gasteiger partial charge < -0.3 is 4.74 Å². The van der Waals surface area contributed by atoms with Crippen molar-refractivity contribution in [2.75, 3.05) is 11.5 Å². The summed E-state index contributed by atoms with van der Waals surface area (Å²) in [4.78, 5) is 24.7. The molecule has 0 bridgehead atoms. The van der Waals surface area contributed by atoms with Gasteiger partial charge in [0.2, 0.25) is 0 Å². The molecular formula is C26H27N3O2S. The minimum absolute atomic E-state index is 0.120. The van der Waals surface area contributed by atoms with E-state index in [1.165, 1.54) is 16.9 Å². The molecule has 0 radical (unpaired) electrons. The van der Waals surface area contributed by atoms with Gasteiger partial charge in [0.1, 0.15) is 5.75 Å². The Balaban J connectivity index is 1.71. The molecule has 0 saturated heterocycles. The van der Waals surface area contributed by atoms with E-state index in [0.717, 1.165) is 34.3 Å². The van der Waals surface area contributed by atoms with Crippen LogP contribution >= 0.6 is 11.3 Å². The van der Waals surface area contributed by atoms with Crippen LogP contribution in [0, 0.1) is 13.8 Å². The molecule has 0 atom stereocenters. The Morgan fingerprint density at radius 1 is 1.09 bits per heavy atom. The molecule has 5 nitrogen and oxygen atoms in total. The lowest BCUT2D eigenvalue weighted by Gasteiger charge is -2.20. The summed E-state index contributed by atoms with van der Waals surface area (Å²) < 4.78 is 6.90. The van der Waals surface area contributed by atoms with E-state index >= 15 is 0 Å². The molecule has 4 aromatic rings. The summed E-state index contributed by atoms with van der Waals surface area (Å²) in [6.45, 7) is 7.24. The third kappa shape index (κ3) is 4.97. The first kappa shape index (κ1) is 22.0. The van der Waals surface area contributed by atoms with Gasteiger partial charge in [-0.15, -0.1) is 0 Å². The molecule has 0 unspecified atom stereocenters. The number of nitrogens with zero attached hydrogens (tertiary/aromatic N) is 3. The minimum atomic E-state index is -0.120. The number of thiazole rings is 1. The Morgan fingerprint density at radius 2 is 1.97 bits per heavy atom. The van der Waals surface area contributed by atoms with Gasteiger partial charge in [0.05, 0.1) is 29.1 Å². The van der Waals surface area contributed by atoms with Crippen LogP contribution in [0.3, 0.4) is 0 Å². The number of rotatable bonds is 8. The molecule has 32 heavy (non-hydrogen) atoms. The Morgan fingerprint density at radius 3 is 2.75 bits per heavy atom. The number of pyridine rings is 1. The smallest absolute Gasteiger partial charge is 0.260 e. The number of benzene rings is 2. The molecule has 164 valence electrons. The number of fused-ring (bicyclic) bond motifs is 1. The number of hydrogen-bond donors (Lipinski definition) is 0. The Hall–Kier alpha value is -3.25. The van der Waals surface area contributed by atoms with Gasteiger partial charge in [-0.25, -0.2) is 4.98 Å². The molecule has 2 aromatic heterocycles. The summed E-state index contributed by atoms with van der Waals surface area (Å²) >= 11 is 1.53. The predicted molar refractivity (Wildman–Crippen MR) is 131 cm³/mol. The number of unbranched alkanes of at least 4 members (excludes halogenated alkanes) is 1. The summed E-state index contributed by atoms with van der Waals surface area (Å²) in [5.74, 6) is 0.586. The first-order valence-corrected chi connectivity index (χ1v) is 11.7. The predicted octanol–water partition coefficient (Wildman–Crippen LogP) is 6.33. The van der Waals surface area contributed by atoms with Gasteiger partial charge >= 0.3 is 0 Å². The van der Waals surface area contributed by atoms with Crippen molar-refractivity contribution in [3.8, 4) is 5.75 Å². The maximum absolute atomic E-state index is 13.7. The number of carbonyl (C=O) groups is 1. The summed E-state index contributed by atoms with van der Waals surface area (Å²) in [7, 11) is 0. The van der Waals surface area contributed by atoms with Gasteiger partial charge in [0.25, 0.3) is 5.91 Å². The van der Waals surface area contributed by atoms with Gasteiger partial charge in [0, 0.05) is 11.8 Å². The summed E-state index contributed by atoms with van der Waals surface area (Å²) in [5, 5.41) is 0.668. The van der Waals surface area contributed by atoms with Crippen LogP contribution in [0.25, 0.3) is 10.2 Å². The highest BCUT2D eigenvalue weighted by molar-refractivity contribution is 7.22. The van der Waals surface area contributed by atoms with E-state index in [2.05, 4.69) is 37.9 Å². The fourth-order valence-corrected chi connectivity index (χ4v) is 4.70. The molecule has 0 spiro atoms. The van der Waals surface area contributed by atoms with Gasteiger partial charge in [-0.3, -0.25) is 14.7 Å². The average Bonchev–Trinajstić information content (AvgIpc) is 3.22. The molecule has 6 heteroatoms. The lowest BCUT2D eigenvalue weighted by molar-refractivity contribution is 0.0984. The summed E-state index contributed by atoms with van der Waals surface area (Å²) in [6, 6.07) is 17.3. The van der Waals surface area contributed by atoms with Crippen molar-refractivity contribution in [1.29, 1.82) is 0 Å². The molecule has 0 saturated carbocycles. The topological polar surface area (TPSA) is 55.3 Å². The number of aryl methyl sites for hydroxylation is 2. The molecule has 0 aliphatic rings. The zero-order valence-electron chi connectivity index (χ0n) is 18.7. The summed E-state index contributed by atoms with van der Waals surface area (Å²) in [6.07, 6.45) is 3.79. The van der Waals surface area contributed by atoms with E-state index in [4.69, 9.17) is 9.72 Å². The Bertz CT molecular complexity index is 1220. The van der Waals surface area contributed by atoms with Crippen LogP contribution in [0.15, 0.2) is 60.8 Å². The largest absolute Gasteiger partial charge is 0.494 e. The van der Waals surface area contributed by atoms with Crippen molar-refractivity contribution in [3.05, 3.63) is 83.2 Å². The molecule has 0 aliphatic heterocycles. The lowest BCUT2D eigenvalue weighted by atomic mass is 10.1. The molecule has 1 amide bonds. The number of amides is 1. The Labute approximate surface area is 192 Å². The molecule has 0 N–H and O–H groups in total. The highest BCUT2D eigenvalue weighted by Crippen LogP contribution is 2.33. The zero-order valence-corrected chi connectivity index (χ0v) is 19.5. The van der Waals surface area contributed by atoms with Gasteiger partial charge in [-0.05, 0) is 67.8 Å². The first-order valence-electron chi connectivity index (χ1n) is 10.9. The number of aromatic nitrogens is 2. The quantitative estimate of drug-likeness (QED) is 0.297. The first-order chi connectivity index (χ1) is 15.5. The van der Waals surface area contributed by atoms with Gasteiger partial charge in [-0.1, -0.05) is 42.9 Å². The fraction of sp³-hybridized carbons (Fsp3) is 0.269. The van der Waals surface area contributed by atoms with Crippen LogP contribution in [0.2, 0.25) is 0 Å². The second-order valence-electron chi connectivity index (χ2n) is 7.87. The van der Waals surface area contributed by atoms with Crippen LogP contribution in [0.1, 0.15) is 46.9 Å². The lowest BCUT2D eigenvalue weighted by Crippen LogP contribution is -2.30. The number of carbonyl (C=O) groups excluding carboxylic acids is 1. The Kier molecular flexibility index (Phi) is 6.81. The third-order valence-corrected chi connectivity index (χ3v) is 6.21. The zero-order chi connectivity index (χ0) is 22.5. The number of ether oxygens (including phenoxy) is 1. The van der Waals surface area contributed by atoms with E-state index in [1.807, 2.05) is 42.5 Å². The van der Waals surface area contributed by atoms with Crippen molar-refractivity contribution in [2.45, 2.75) is 40.2 Å². The van der Waals surface area contributed by atoms with Crippen LogP contribution in [0.5, 0.6) is 5.75 Å². The van der Waals surface area contributed by atoms with E-state index in [1.54, 1.807) is 11.1 Å². The van der Waals surface area contributed by atoms with Crippen LogP contribution in [-0.2, 0) is 6.54 Å². The average molecular weight is 446 g/mol. The third-order valence-electron chi connectivity index (χ3n) is 5.19. The molecular weight excluding hydrogens is 418 g/mol. The van der Waals surface area contributed by atoms with Gasteiger partial charge in [0.15, 0.2) is 5.13 Å². The van der Waals surface area contributed by atoms with E-state index in [9.17, 15) is 4.79 Å². The highest BCUT2D eigenvalue weighted by Gasteiger charge is 2.23. The SMILES string of the molecule is CCCCOc1cccc(C(=O)N(Cc2ccccn2)c2nc3c(C)cc(C)cc3s2)c1. The maximum atomic E-state index is 13.7. The molecule has 2 aromatic carbocycles. The van der Waals surface area contributed by atoms with Crippen molar-refractivity contribution in [3.63, 3.8) is 0 Å². The standard InChI is InChI=1S/C26H27N3O2S/c1-4-5-13-31-22-11-8-9-20(16-22)25(30)29(17-21-10-6-7-12-27-21)26-28-24-19(3)14-18(2)15-23(24)32-26/h6-12,14-16H,4-5,13,17H2,1-3H3.